The molecular weight excluding hydrogens is 322 g/mol. The van der Waals surface area contributed by atoms with Gasteiger partial charge in [0.05, 0.1) is 12.1 Å². The standard InChI is InChI=1S/C18H23N3O4/c22-17(16-3-2-15(25-16)13-21-8-1-7-19-21)20-14-4-9-24-18(12-14)5-10-23-11-6-18/h1-3,7-8,14H,4-6,9-13H2,(H,20,22)/t14-/m1/s1. The lowest BCUT2D eigenvalue weighted by Crippen LogP contribution is -2.51. The maximum atomic E-state index is 12.5. The summed E-state index contributed by atoms with van der Waals surface area (Å²) in [6.07, 6.45) is 7.03. The second kappa shape index (κ2) is 7.01. The molecule has 0 saturated carbocycles. The minimum absolute atomic E-state index is 0.110. The van der Waals surface area contributed by atoms with Crippen molar-refractivity contribution in [3.63, 3.8) is 0 Å². The van der Waals surface area contributed by atoms with E-state index in [1.54, 1.807) is 16.9 Å². The van der Waals surface area contributed by atoms with Crippen LogP contribution >= 0.6 is 0 Å². The van der Waals surface area contributed by atoms with E-state index < -0.39 is 0 Å². The molecule has 7 heteroatoms. The Bertz CT molecular complexity index is 698. The molecule has 1 atom stereocenters. The Hall–Kier alpha value is -2.12. The molecule has 0 aliphatic carbocycles. The van der Waals surface area contributed by atoms with Gasteiger partial charge in [-0.15, -0.1) is 0 Å². The molecule has 7 nitrogen and oxygen atoms in total. The summed E-state index contributed by atoms with van der Waals surface area (Å²) in [7, 11) is 0. The zero-order chi connectivity index (χ0) is 17.1. The highest BCUT2D eigenvalue weighted by Gasteiger charge is 2.39. The number of ether oxygens (including phenoxy) is 2. The molecule has 1 amide bonds. The lowest BCUT2D eigenvalue weighted by Gasteiger charge is -2.43. The molecule has 0 radical (unpaired) electrons. The summed E-state index contributed by atoms with van der Waals surface area (Å²) < 4.78 is 18.9. The number of nitrogens with zero attached hydrogens (tertiary/aromatic N) is 2. The van der Waals surface area contributed by atoms with E-state index in [2.05, 4.69) is 10.4 Å². The third-order valence-corrected chi connectivity index (χ3v) is 4.99. The SMILES string of the molecule is O=C(N[C@@H]1CCOC2(CCOCC2)C1)c1ccc(Cn2cccn2)o1. The Labute approximate surface area is 146 Å². The fraction of sp³-hybridized carbons (Fsp3) is 0.556. The second-order valence-electron chi connectivity index (χ2n) is 6.78. The predicted octanol–water partition coefficient (Wildman–Crippen LogP) is 1.98. The molecule has 4 heterocycles. The van der Waals surface area contributed by atoms with Gasteiger partial charge in [-0.2, -0.15) is 5.10 Å². The number of furan rings is 1. The molecule has 1 N–H and O–H groups in total. The normalized spacial score (nSPS) is 22.8. The van der Waals surface area contributed by atoms with Crippen LogP contribution in [0.1, 0.15) is 42.0 Å². The average molecular weight is 345 g/mol. The molecule has 2 saturated heterocycles. The topological polar surface area (TPSA) is 78.5 Å². The zero-order valence-corrected chi connectivity index (χ0v) is 14.1. The van der Waals surface area contributed by atoms with E-state index in [-0.39, 0.29) is 17.6 Å². The molecule has 2 aromatic rings. The van der Waals surface area contributed by atoms with E-state index >= 15 is 0 Å². The third-order valence-electron chi connectivity index (χ3n) is 4.99. The van der Waals surface area contributed by atoms with Crippen LogP contribution in [0.2, 0.25) is 0 Å². The largest absolute Gasteiger partial charge is 0.454 e. The second-order valence-corrected chi connectivity index (χ2v) is 6.78. The smallest absolute Gasteiger partial charge is 0.287 e. The van der Waals surface area contributed by atoms with Gasteiger partial charge in [-0.05, 0) is 43.9 Å². The van der Waals surface area contributed by atoms with Crippen molar-refractivity contribution in [3.05, 3.63) is 42.1 Å². The summed E-state index contributed by atoms with van der Waals surface area (Å²) in [4.78, 5) is 12.5. The van der Waals surface area contributed by atoms with Crippen molar-refractivity contribution in [2.75, 3.05) is 19.8 Å². The predicted molar refractivity (Wildman–Crippen MR) is 89.3 cm³/mol. The number of carbonyl (C=O) groups excluding carboxylic acids is 1. The van der Waals surface area contributed by atoms with Crippen molar-refractivity contribution < 1.29 is 18.7 Å². The van der Waals surface area contributed by atoms with Gasteiger partial charge in [0, 0.05) is 38.3 Å². The highest BCUT2D eigenvalue weighted by atomic mass is 16.5. The van der Waals surface area contributed by atoms with Gasteiger partial charge in [-0.25, -0.2) is 0 Å². The molecule has 0 bridgehead atoms. The highest BCUT2D eigenvalue weighted by Crippen LogP contribution is 2.34. The van der Waals surface area contributed by atoms with Crippen molar-refractivity contribution >= 4 is 5.91 Å². The number of carbonyl (C=O) groups is 1. The van der Waals surface area contributed by atoms with Crippen LogP contribution < -0.4 is 5.32 Å². The van der Waals surface area contributed by atoms with E-state index in [0.29, 0.717) is 24.7 Å². The summed E-state index contributed by atoms with van der Waals surface area (Å²) in [5.74, 6) is 0.886. The van der Waals surface area contributed by atoms with E-state index in [4.69, 9.17) is 13.9 Å². The van der Waals surface area contributed by atoms with Crippen molar-refractivity contribution in [3.8, 4) is 0 Å². The monoisotopic (exact) mass is 345 g/mol. The Balaban J connectivity index is 1.36. The van der Waals surface area contributed by atoms with Crippen LogP contribution in [0.4, 0.5) is 0 Å². The van der Waals surface area contributed by atoms with Crippen LogP contribution in [0.5, 0.6) is 0 Å². The van der Waals surface area contributed by atoms with Crippen molar-refractivity contribution in [1.82, 2.24) is 15.1 Å². The van der Waals surface area contributed by atoms with E-state index in [9.17, 15) is 4.79 Å². The number of amides is 1. The van der Waals surface area contributed by atoms with Crippen LogP contribution in [-0.2, 0) is 16.0 Å². The van der Waals surface area contributed by atoms with Gasteiger partial charge in [0.1, 0.15) is 5.76 Å². The van der Waals surface area contributed by atoms with Gasteiger partial charge in [0.15, 0.2) is 5.76 Å². The number of nitrogens with one attached hydrogen (secondary N) is 1. The van der Waals surface area contributed by atoms with E-state index in [1.807, 2.05) is 18.3 Å². The van der Waals surface area contributed by atoms with Crippen LogP contribution in [0, 0.1) is 0 Å². The van der Waals surface area contributed by atoms with Gasteiger partial charge in [-0.3, -0.25) is 9.48 Å². The Morgan fingerprint density at radius 1 is 1.32 bits per heavy atom. The molecule has 2 aliphatic rings. The quantitative estimate of drug-likeness (QED) is 0.917. The van der Waals surface area contributed by atoms with Gasteiger partial charge < -0.3 is 19.2 Å². The van der Waals surface area contributed by atoms with E-state index in [1.165, 1.54) is 0 Å². The lowest BCUT2D eigenvalue weighted by atomic mass is 9.84. The average Bonchev–Trinajstić information content (AvgIpc) is 3.28. The van der Waals surface area contributed by atoms with Gasteiger partial charge in [-0.1, -0.05) is 0 Å². The molecule has 25 heavy (non-hydrogen) atoms. The molecule has 2 fully saturated rings. The first kappa shape index (κ1) is 16.4. The number of aromatic nitrogens is 2. The first-order valence-corrected chi connectivity index (χ1v) is 8.81. The van der Waals surface area contributed by atoms with Crippen LogP contribution in [0.25, 0.3) is 0 Å². The Kier molecular flexibility index (Phi) is 4.59. The van der Waals surface area contributed by atoms with Crippen LogP contribution in [-0.4, -0.2) is 47.2 Å². The number of rotatable bonds is 4. The summed E-state index contributed by atoms with van der Waals surface area (Å²) in [5.41, 5.74) is -0.136. The molecular formula is C18H23N3O4. The Morgan fingerprint density at radius 2 is 2.20 bits per heavy atom. The van der Waals surface area contributed by atoms with Crippen molar-refractivity contribution in [2.24, 2.45) is 0 Å². The molecule has 4 rings (SSSR count). The van der Waals surface area contributed by atoms with Gasteiger partial charge in [0.2, 0.25) is 0 Å². The summed E-state index contributed by atoms with van der Waals surface area (Å²) in [6, 6.07) is 5.51. The minimum Gasteiger partial charge on any atom is -0.454 e. The van der Waals surface area contributed by atoms with E-state index in [0.717, 1.165) is 38.9 Å². The van der Waals surface area contributed by atoms with Gasteiger partial charge >= 0.3 is 0 Å². The minimum atomic E-state index is -0.166. The number of hydrogen-bond acceptors (Lipinski definition) is 5. The molecule has 134 valence electrons. The maximum Gasteiger partial charge on any atom is 0.287 e. The van der Waals surface area contributed by atoms with Crippen LogP contribution in [0.3, 0.4) is 0 Å². The summed E-state index contributed by atoms with van der Waals surface area (Å²) in [6.45, 7) is 2.65. The molecule has 0 unspecified atom stereocenters. The first-order chi connectivity index (χ1) is 12.2. The summed E-state index contributed by atoms with van der Waals surface area (Å²) in [5, 5.41) is 7.24. The third kappa shape index (κ3) is 3.77. The highest BCUT2D eigenvalue weighted by molar-refractivity contribution is 5.91. The van der Waals surface area contributed by atoms with Crippen molar-refractivity contribution in [1.29, 1.82) is 0 Å². The summed E-state index contributed by atoms with van der Waals surface area (Å²) >= 11 is 0. The van der Waals surface area contributed by atoms with Crippen molar-refractivity contribution in [2.45, 2.75) is 43.9 Å². The first-order valence-electron chi connectivity index (χ1n) is 8.81. The molecule has 2 aromatic heterocycles. The molecule has 0 aromatic carbocycles. The fourth-order valence-electron chi connectivity index (χ4n) is 3.64. The lowest BCUT2D eigenvalue weighted by molar-refractivity contribution is -0.139. The maximum absolute atomic E-state index is 12.5. The zero-order valence-electron chi connectivity index (χ0n) is 14.1. The van der Waals surface area contributed by atoms with Gasteiger partial charge in [0.25, 0.3) is 5.91 Å². The molecule has 2 aliphatic heterocycles. The van der Waals surface area contributed by atoms with Crippen LogP contribution in [0.15, 0.2) is 35.0 Å². The fourth-order valence-corrected chi connectivity index (χ4v) is 3.64. The molecule has 1 spiro atoms. The Morgan fingerprint density at radius 3 is 3.00 bits per heavy atom. The number of hydrogen-bond donors (Lipinski definition) is 1.